The summed E-state index contributed by atoms with van der Waals surface area (Å²) in [5.41, 5.74) is 0.598. The second kappa shape index (κ2) is 5.16. The predicted octanol–water partition coefficient (Wildman–Crippen LogP) is 0.774. The summed E-state index contributed by atoms with van der Waals surface area (Å²) in [5, 5.41) is 0. The van der Waals surface area contributed by atoms with Crippen LogP contribution in [0.1, 0.15) is 24.2 Å². The molecule has 1 saturated heterocycles. The zero-order valence-corrected chi connectivity index (χ0v) is 10.7. The monoisotopic (exact) mass is 247 g/mol. The molecule has 0 saturated carbocycles. The lowest BCUT2D eigenvalue weighted by atomic mass is 10.1. The van der Waals surface area contributed by atoms with Gasteiger partial charge in [-0.05, 0) is 19.1 Å². The first-order valence-corrected chi connectivity index (χ1v) is 6.06. The van der Waals surface area contributed by atoms with Crippen LogP contribution in [0.15, 0.2) is 24.5 Å². The Morgan fingerprint density at radius 1 is 1.39 bits per heavy atom. The van der Waals surface area contributed by atoms with Crippen molar-refractivity contribution in [2.75, 3.05) is 19.6 Å². The van der Waals surface area contributed by atoms with E-state index in [9.17, 15) is 9.59 Å². The summed E-state index contributed by atoms with van der Waals surface area (Å²) in [6, 6.07) is 3.55. The molecule has 5 heteroatoms. The molecule has 0 bridgehead atoms. The van der Waals surface area contributed by atoms with Gasteiger partial charge in [-0.3, -0.25) is 14.6 Å². The Bertz CT molecular complexity index is 447. The van der Waals surface area contributed by atoms with Crippen molar-refractivity contribution < 1.29 is 9.59 Å². The average molecular weight is 247 g/mol. The maximum absolute atomic E-state index is 12.3. The molecular formula is C13H17N3O2. The number of pyridine rings is 1. The third kappa shape index (κ3) is 2.50. The van der Waals surface area contributed by atoms with E-state index in [-0.39, 0.29) is 17.9 Å². The molecule has 0 radical (unpaired) electrons. The van der Waals surface area contributed by atoms with Gasteiger partial charge in [-0.1, -0.05) is 0 Å². The van der Waals surface area contributed by atoms with Gasteiger partial charge in [0, 0.05) is 45.0 Å². The van der Waals surface area contributed by atoms with E-state index in [2.05, 4.69) is 4.98 Å². The summed E-state index contributed by atoms with van der Waals surface area (Å²) in [6.45, 7) is 5.30. The topological polar surface area (TPSA) is 53.5 Å². The molecule has 5 nitrogen and oxygen atoms in total. The van der Waals surface area contributed by atoms with Crippen molar-refractivity contribution in [3.05, 3.63) is 30.1 Å². The van der Waals surface area contributed by atoms with Gasteiger partial charge >= 0.3 is 0 Å². The fourth-order valence-electron chi connectivity index (χ4n) is 2.20. The van der Waals surface area contributed by atoms with Crippen molar-refractivity contribution in [3.63, 3.8) is 0 Å². The molecule has 2 heterocycles. The largest absolute Gasteiger partial charge is 0.339 e. The van der Waals surface area contributed by atoms with Gasteiger partial charge in [-0.25, -0.2) is 0 Å². The van der Waals surface area contributed by atoms with Crippen LogP contribution in [0.2, 0.25) is 0 Å². The Hall–Kier alpha value is -1.91. The smallest absolute Gasteiger partial charge is 0.255 e. The Morgan fingerprint density at radius 3 is 2.72 bits per heavy atom. The minimum Gasteiger partial charge on any atom is -0.339 e. The van der Waals surface area contributed by atoms with E-state index >= 15 is 0 Å². The Morgan fingerprint density at radius 2 is 2.17 bits per heavy atom. The van der Waals surface area contributed by atoms with Crippen LogP contribution in [0.25, 0.3) is 0 Å². The van der Waals surface area contributed by atoms with E-state index in [0.29, 0.717) is 25.2 Å². The summed E-state index contributed by atoms with van der Waals surface area (Å²) in [5.74, 6) is 0.0501. The summed E-state index contributed by atoms with van der Waals surface area (Å²) in [4.78, 5) is 31.1. The first kappa shape index (κ1) is 12.5. The number of nitrogens with zero attached hydrogens (tertiary/aromatic N) is 3. The summed E-state index contributed by atoms with van der Waals surface area (Å²) in [6.07, 6.45) is 3.22. The van der Waals surface area contributed by atoms with Gasteiger partial charge in [-0.15, -0.1) is 0 Å². The SMILES string of the molecule is CC(=O)N1CCN(C(=O)c2cccnc2)C(C)C1. The molecule has 1 aliphatic heterocycles. The van der Waals surface area contributed by atoms with Crippen LogP contribution in [0.3, 0.4) is 0 Å². The van der Waals surface area contributed by atoms with Gasteiger partial charge in [0.1, 0.15) is 0 Å². The molecule has 18 heavy (non-hydrogen) atoms. The van der Waals surface area contributed by atoms with Crippen LogP contribution in [0.4, 0.5) is 0 Å². The van der Waals surface area contributed by atoms with Crippen molar-refractivity contribution in [2.24, 2.45) is 0 Å². The molecular weight excluding hydrogens is 230 g/mol. The normalized spacial score (nSPS) is 19.8. The number of aromatic nitrogens is 1. The van der Waals surface area contributed by atoms with Gasteiger partial charge in [0.15, 0.2) is 0 Å². The number of hydrogen-bond donors (Lipinski definition) is 0. The highest BCUT2D eigenvalue weighted by Gasteiger charge is 2.28. The van der Waals surface area contributed by atoms with Crippen molar-refractivity contribution in [2.45, 2.75) is 19.9 Å². The highest BCUT2D eigenvalue weighted by molar-refractivity contribution is 5.94. The van der Waals surface area contributed by atoms with E-state index in [1.54, 1.807) is 41.2 Å². The molecule has 1 aromatic rings. The second-order valence-electron chi connectivity index (χ2n) is 4.55. The molecule has 2 rings (SSSR count). The first-order chi connectivity index (χ1) is 8.59. The van der Waals surface area contributed by atoms with Crippen molar-refractivity contribution in [1.29, 1.82) is 0 Å². The van der Waals surface area contributed by atoms with Gasteiger partial charge in [0.05, 0.1) is 5.56 Å². The number of hydrogen-bond acceptors (Lipinski definition) is 3. The minimum atomic E-state index is -0.0150. The number of piperazine rings is 1. The first-order valence-electron chi connectivity index (χ1n) is 6.06. The maximum Gasteiger partial charge on any atom is 0.255 e. The molecule has 96 valence electrons. The van der Waals surface area contributed by atoms with Crippen molar-refractivity contribution in [3.8, 4) is 0 Å². The lowest BCUT2D eigenvalue weighted by Crippen LogP contribution is -2.55. The molecule has 0 N–H and O–H groups in total. The zero-order chi connectivity index (χ0) is 13.1. The lowest BCUT2D eigenvalue weighted by Gasteiger charge is -2.39. The van der Waals surface area contributed by atoms with Gasteiger partial charge in [0.2, 0.25) is 5.91 Å². The third-order valence-electron chi connectivity index (χ3n) is 3.24. The van der Waals surface area contributed by atoms with Crippen LogP contribution >= 0.6 is 0 Å². The fourth-order valence-corrected chi connectivity index (χ4v) is 2.20. The molecule has 1 aromatic heterocycles. The second-order valence-corrected chi connectivity index (χ2v) is 4.55. The lowest BCUT2D eigenvalue weighted by molar-refractivity contribution is -0.131. The molecule has 1 unspecified atom stereocenters. The van der Waals surface area contributed by atoms with E-state index in [1.807, 2.05) is 6.92 Å². The van der Waals surface area contributed by atoms with E-state index < -0.39 is 0 Å². The van der Waals surface area contributed by atoms with E-state index in [0.717, 1.165) is 0 Å². The van der Waals surface area contributed by atoms with Gasteiger partial charge in [-0.2, -0.15) is 0 Å². The van der Waals surface area contributed by atoms with Crippen LogP contribution in [0, 0.1) is 0 Å². The quantitative estimate of drug-likeness (QED) is 0.736. The molecule has 0 aromatic carbocycles. The highest BCUT2D eigenvalue weighted by atomic mass is 16.2. The van der Waals surface area contributed by atoms with Crippen LogP contribution in [-0.2, 0) is 4.79 Å². The number of rotatable bonds is 1. The molecule has 0 aliphatic carbocycles. The van der Waals surface area contributed by atoms with Crippen LogP contribution in [-0.4, -0.2) is 52.3 Å². The zero-order valence-electron chi connectivity index (χ0n) is 10.7. The summed E-state index contributed by atoms with van der Waals surface area (Å²) in [7, 11) is 0. The van der Waals surface area contributed by atoms with Crippen LogP contribution < -0.4 is 0 Å². The average Bonchev–Trinajstić information content (AvgIpc) is 2.38. The molecule has 1 aliphatic rings. The van der Waals surface area contributed by atoms with Crippen LogP contribution in [0.5, 0.6) is 0 Å². The van der Waals surface area contributed by atoms with E-state index in [4.69, 9.17) is 0 Å². The summed E-state index contributed by atoms with van der Waals surface area (Å²) < 4.78 is 0. The van der Waals surface area contributed by atoms with Crippen molar-refractivity contribution >= 4 is 11.8 Å². The number of carbonyl (C=O) groups excluding carboxylic acids is 2. The molecule has 1 fully saturated rings. The molecule has 2 amide bonds. The van der Waals surface area contributed by atoms with Crippen molar-refractivity contribution in [1.82, 2.24) is 14.8 Å². The Balaban J connectivity index is 2.07. The van der Waals surface area contributed by atoms with E-state index in [1.165, 1.54) is 0 Å². The third-order valence-corrected chi connectivity index (χ3v) is 3.24. The fraction of sp³-hybridized carbons (Fsp3) is 0.462. The summed E-state index contributed by atoms with van der Waals surface area (Å²) >= 11 is 0. The standard InChI is InChI=1S/C13H17N3O2/c1-10-9-15(11(2)17)6-7-16(10)13(18)12-4-3-5-14-8-12/h3-5,8,10H,6-7,9H2,1-2H3. The van der Waals surface area contributed by atoms with Gasteiger partial charge in [0.25, 0.3) is 5.91 Å². The highest BCUT2D eigenvalue weighted by Crippen LogP contribution is 2.13. The minimum absolute atomic E-state index is 0.0150. The number of amides is 2. The molecule has 0 spiro atoms. The number of carbonyl (C=O) groups is 2. The Kier molecular flexibility index (Phi) is 3.60. The predicted molar refractivity (Wildman–Crippen MR) is 67.0 cm³/mol. The maximum atomic E-state index is 12.3. The Labute approximate surface area is 106 Å². The van der Waals surface area contributed by atoms with Gasteiger partial charge < -0.3 is 9.80 Å². The molecule has 1 atom stereocenters.